The van der Waals surface area contributed by atoms with Crippen LogP contribution in [0.5, 0.6) is 0 Å². The summed E-state index contributed by atoms with van der Waals surface area (Å²) in [5.41, 5.74) is 3.09. The van der Waals surface area contributed by atoms with E-state index >= 15 is 0 Å². The molecule has 0 radical (unpaired) electrons. The highest BCUT2D eigenvalue weighted by molar-refractivity contribution is 7.99. The Labute approximate surface area is 128 Å². The maximum Gasteiger partial charge on any atom is 0.158 e. The van der Waals surface area contributed by atoms with Crippen LogP contribution >= 0.6 is 23.4 Å². The Balaban J connectivity index is 2.03. The molecule has 0 spiro atoms. The van der Waals surface area contributed by atoms with Gasteiger partial charge in [-0.1, -0.05) is 6.42 Å². The summed E-state index contributed by atoms with van der Waals surface area (Å²) in [6, 6.07) is 0. The summed E-state index contributed by atoms with van der Waals surface area (Å²) in [6.45, 7) is 5.00. The van der Waals surface area contributed by atoms with Gasteiger partial charge in [-0.15, -0.1) is 11.6 Å². The molecule has 2 unspecified atom stereocenters. The van der Waals surface area contributed by atoms with Gasteiger partial charge in [-0.05, 0) is 32.4 Å². The van der Waals surface area contributed by atoms with Crippen LogP contribution in [0.2, 0.25) is 0 Å². The molecule has 1 saturated heterocycles. The summed E-state index contributed by atoms with van der Waals surface area (Å²) in [4.78, 5) is 4.74. The summed E-state index contributed by atoms with van der Waals surface area (Å²) >= 11 is 8.42. The standard InChI is InChI=1S/C14H21ClN4S/c1-9(15)13-16-12-10(2)17-18(3)14(12)19(13)8-11-6-4-5-7-20-11/h9,11H,4-8H2,1-3H3. The molecule has 20 heavy (non-hydrogen) atoms. The normalized spacial score (nSPS) is 21.5. The highest BCUT2D eigenvalue weighted by atomic mass is 35.5. The van der Waals surface area contributed by atoms with E-state index in [1.165, 1.54) is 25.0 Å². The van der Waals surface area contributed by atoms with Crippen molar-refractivity contribution in [2.75, 3.05) is 5.75 Å². The van der Waals surface area contributed by atoms with Crippen molar-refractivity contribution in [3.8, 4) is 0 Å². The van der Waals surface area contributed by atoms with Gasteiger partial charge in [0, 0.05) is 18.8 Å². The molecule has 110 valence electrons. The SMILES string of the molecule is Cc1nn(C)c2c1nc(C(C)Cl)n2CC1CCCCS1. The van der Waals surface area contributed by atoms with Crippen molar-refractivity contribution in [2.24, 2.45) is 7.05 Å². The van der Waals surface area contributed by atoms with Crippen LogP contribution in [0.15, 0.2) is 0 Å². The van der Waals surface area contributed by atoms with Gasteiger partial charge < -0.3 is 4.57 Å². The molecule has 3 rings (SSSR count). The molecule has 0 amide bonds. The van der Waals surface area contributed by atoms with Crippen LogP contribution in [0.1, 0.15) is 43.1 Å². The van der Waals surface area contributed by atoms with Crippen LogP contribution in [0, 0.1) is 6.92 Å². The molecule has 1 aliphatic rings. The van der Waals surface area contributed by atoms with Crippen LogP contribution < -0.4 is 0 Å². The lowest BCUT2D eigenvalue weighted by Crippen LogP contribution is -2.19. The largest absolute Gasteiger partial charge is 0.311 e. The van der Waals surface area contributed by atoms with Crippen molar-refractivity contribution < 1.29 is 0 Å². The first-order chi connectivity index (χ1) is 9.58. The van der Waals surface area contributed by atoms with Crippen molar-refractivity contribution in [1.82, 2.24) is 19.3 Å². The Hall–Kier alpha value is -0.680. The Morgan fingerprint density at radius 1 is 1.45 bits per heavy atom. The van der Waals surface area contributed by atoms with E-state index in [9.17, 15) is 0 Å². The first kappa shape index (κ1) is 14.3. The first-order valence-electron chi connectivity index (χ1n) is 7.23. The zero-order chi connectivity index (χ0) is 14.3. The van der Waals surface area contributed by atoms with E-state index in [2.05, 4.69) is 21.4 Å². The minimum absolute atomic E-state index is 0.0737. The molecule has 0 aromatic carbocycles. The van der Waals surface area contributed by atoms with Gasteiger partial charge in [0.05, 0.1) is 11.1 Å². The molecule has 0 saturated carbocycles. The van der Waals surface area contributed by atoms with Crippen LogP contribution in [-0.2, 0) is 13.6 Å². The fraction of sp³-hybridized carbons (Fsp3) is 0.714. The van der Waals surface area contributed by atoms with Gasteiger partial charge in [-0.25, -0.2) is 4.98 Å². The number of imidazole rings is 1. The lowest BCUT2D eigenvalue weighted by molar-refractivity contribution is 0.565. The monoisotopic (exact) mass is 312 g/mol. The van der Waals surface area contributed by atoms with E-state index in [-0.39, 0.29) is 5.38 Å². The zero-order valence-electron chi connectivity index (χ0n) is 12.3. The van der Waals surface area contributed by atoms with E-state index < -0.39 is 0 Å². The Bertz CT molecular complexity index is 610. The molecule has 4 nitrogen and oxygen atoms in total. The number of rotatable bonds is 3. The number of thioether (sulfide) groups is 1. The molecular weight excluding hydrogens is 292 g/mol. The topological polar surface area (TPSA) is 35.6 Å². The summed E-state index contributed by atoms with van der Waals surface area (Å²) in [6.07, 6.45) is 3.98. The van der Waals surface area contributed by atoms with Crippen molar-refractivity contribution in [3.05, 3.63) is 11.5 Å². The lowest BCUT2D eigenvalue weighted by Gasteiger charge is -2.23. The molecule has 6 heteroatoms. The second-order valence-electron chi connectivity index (χ2n) is 5.57. The molecule has 0 N–H and O–H groups in total. The van der Waals surface area contributed by atoms with Gasteiger partial charge in [0.15, 0.2) is 5.65 Å². The van der Waals surface area contributed by atoms with Crippen molar-refractivity contribution in [3.63, 3.8) is 0 Å². The molecule has 0 bridgehead atoms. The lowest BCUT2D eigenvalue weighted by atomic mass is 10.2. The van der Waals surface area contributed by atoms with Gasteiger partial charge in [0.1, 0.15) is 11.3 Å². The number of alkyl halides is 1. The van der Waals surface area contributed by atoms with E-state index in [4.69, 9.17) is 16.6 Å². The molecule has 3 heterocycles. The summed E-state index contributed by atoms with van der Waals surface area (Å²) in [7, 11) is 1.99. The quantitative estimate of drug-likeness (QED) is 0.811. The second-order valence-corrected chi connectivity index (χ2v) is 7.63. The first-order valence-corrected chi connectivity index (χ1v) is 8.72. The van der Waals surface area contributed by atoms with E-state index in [0.29, 0.717) is 5.25 Å². The highest BCUT2D eigenvalue weighted by Gasteiger charge is 2.23. The van der Waals surface area contributed by atoms with Crippen molar-refractivity contribution in [2.45, 2.75) is 50.3 Å². The maximum atomic E-state index is 6.34. The van der Waals surface area contributed by atoms with Crippen molar-refractivity contribution >= 4 is 34.5 Å². The summed E-state index contributed by atoms with van der Waals surface area (Å²) in [5, 5.41) is 5.09. The third-order valence-corrected chi connectivity index (χ3v) is 5.51. The number of halogens is 1. The number of nitrogens with zero attached hydrogens (tertiary/aromatic N) is 4. The predicted molar refractivity (Wildman–Crippen MR) is 85.6 cm³/mol. The Kier molecular flexibility index (Phi) is 4.00. The average molecular weight is 313 g/mol. The fourth-order valence-electron chi connectivity index (χ4n) is 2.99. The second kappa shape index (κ2) is 5.60. The van der Waals surface area contributed by atoms with Gasteiger partial charge >= 0.3 is 0 Å². The number of aromatic nitrogens is 4. The third-order valence-electron chi connectivity index (χ3n) is 3.94. The van der Waals surface area contributed by atoms with E-state index in [0.717, 1.165) is 29.2 Å². The van der Waals surface area contributed by atoms with Crippen LogP contribution in [-0.4, -0.2) is 30.3 Å². The van der Waals surface area contributed by atoms with Gasteiger partial charge in [0.25, 0.3) is 0 Å². The van der Waals surface area contributed by atoms with Crippen LogP contribution in [0.4, 0.5) is 0 Å². The third kappa shape index (κ3) is 2.46. The molecule has 2 aromatic heterocycles. The minimum Gasteiger partial charge on any atom is -0.311 e. The van der Waals surface area contributed by atoms with Gasteiger partial charge in [-0.3, -0.25) is 4.68 Å². The molecule has 2 atom stereocenters. The number of fused-ring (bicyclic) bond motifs is 1. The van der Waals surface area contributed by atoms with Crippen molar-refractivity contribution in [1.29, 1.82) is 0 Å². The highest BCUT2D eigenvalue weighted by Crippen LogP contribution is 2.31. The van der Waals surface area contributed by atoms with E-state index in [1.807, 2.05) is 25.6 Å². The molecular formula is C14H21ClN4S. The zero-order valence-corrected chi connectivity index (χ0v) is 13.8. The Morgan fingerprint density at radius 3 is 2.90 bits per heavy atom. The van der Waals surface area contributed by atoms with E-state index in [1.54, 1.807) is 0 Å². The Morgan fingerprint density at radius 2 is 2.25 bits per heavy atom. The molecule has 1 aliphatic heterocycles. The molecule has 1 fully saturated rings. The smallest absolute Gasteiger partial charge is 0.158 e. The fourth-order valence-corrected chi connectivity index (χ4v) is 4.45. The van der Waals surface area contributed by atoms with Crippen LogP contribution in [0.25, 0.3) is 11.2 Å². The molecule has 2 aromatic rings. The average Bonchev–Trinajstić information content (AvgIpc) is 2.91. The van der Waals surface area contributed by atoms with Gasteiger partial charge in [-0.2, -0.15) is 16.9 Å². The van der Waals surface area contributed by atoms with Crippen LogP contribution in [0.3, 0.4) is 0 Å². The number of hydrogen-bond acceptors (Lipinski definition) is 3. The predicted octanol–water partition coefficient (Wildman–Crippen LogP) is 3.66. The molecule has 0 aliphatic carbocycles. The maximum absolute atomic E-state index is 6.34. The van der Waals surface area contributed by atoms with Gasteiger partial charge in [0.2, 0.25) is 0 Å². The summed E-state index contributed by atoms with van der Waals surface area (Å²) in [5.74, 6) is 2.25. The minimum atomic E-state index is -0.0737. The summed E-state index contributed by atoms with van der Waals surface area (Å²) < 4.78 is 4.23. The number of hydrogen-bond donors (Lipinski definition) is 0. The number of aryl methyl sites for hydroxylation is 2.